The minimum atomic E-state index is 0.190. The maximum atomic E-state index is 12.3. The summed E-state index contributed by atoms with van der Waals surface area (Å²) in [6.07, 6.45) is 7.60. The molecule has 1 saturated carbocycles. The van der Waals surface area contributed by atoms with Crippen LogP contribution in [0.3, 0.4) is 0 Å². The first kappa shape index (κ1) is 15.0. The zero-order chi connectivity index (χ0) is 14.4. The van der Waals surface area contributed by atoms with E-state index in [1.54, 1.807) is 0 Å². The molecular formula is C19H26O. The van der Waals surface area contributed by atoms with E-state index < -0.39 is 0 Å². The fourth-order valence-corrected chi connectivity index (χ4v) is 3.25. The Balaban J connectivity index is 2.23. The lowest BCUT2D eigenvalue weighted by molar-refractivity contribution is -0.123. The number of benzene rings is 1. The van der Waals surface area contributed by atoms with Gasteiger partial charge in [-0.2, -0.15) is 0 Å². The number of hydrogen-bond acceptors (Lipinski definition) is 1. The van der Waals surface area contributed by atoms with Gasteiger partial charge in [0, 0.05) is 12.3 Å². The van der Waals surface area contributed by atoms with E-state index >= 15 is 0 Å². The lowest BCUT2D eigenvalue weighted by Gasteiger charge is -2.26. The first-order chi connectivity index (χ1) is 9.74. The van der Waals surface area contributed by atoms with E-state index in [4.69, 9.17) is 0 Å². The molecular weight excluding hydrogens is 244 g/mol. The van der Waals surface area contributed by atoms with Gasteiger partial charge in [0.25, 0.3) is 0 Å². The van der Waals surface area contributed by atoms with Crippen molar-refractivity contribution in [2.75, 3.05) is 0 Å². The Morgan fingerprint density at radius 2 is 1.90 bits per heavy atom. The smallest absolute Gasteiger partial charge is 0.140 e. The highest BCUT2D eigenvalue weighted by Crippen LogP contribution is 2.35. The van der Waals surface area contributed by atoms with Crippen molar-refractivity contribution in [3.8, 4) is 0 Å². The molecule has 1 nitrogen and oxygen atoms in total. The van der Waals surface area contributed by atoms with Crippen molar-refractivity contribution in [1.29, 1.82) is 0 Å². The Morgan fingerprint density at radius 1 is 1.15 bits per heavy atom. The van der Waals surface area contributed by atoms with Gasteiger partial charge in [-0.15, -0.1) is 0 Å². The summed E-state index contributed by atoms with van der Waals surface area (Å²) in [7, 11) is 0. The molecule has 1 unspecified atom stereocenters. The second kappa shape index (κ2) is 7.42. The van der Waals surface area contributed by atoms with Crippen LogP contribution in [0.5, 0.6) is 0 Å². The molecule has 1 aliphatic rings. The van der Waals surface area contributed by atoms with Gasteiger partial charge in [-0.3, -0.25) is 4.79 Å². The van der Waals surface area contributed by atoms with E-state index in [0.717, 1.165) is 25.7 Å². The van der Waals surface area contributed by atoms with Crippen LogP contribution < -0.4 is 0 Å². The molecule has 0 heterocycles. The normalized spacial score (nSPS) is 21.9. The van der Waals surface area contributed by atoms with Crippen molar-refractivity contribution in [1.82, 2.24) is 0 Å². The van der Waals surface area contributed by atoms with E-state index in [-0.39, 0.29) is 5.92 Å². The number of rotatable bonds is 5. The monoisotopic (exact) mass is 270 g/mol. The van der Waals surface area contributed by atoms with Gasteiger partial charge >= 0.3 is 0 Å². The average molecular weight is 270 g/mol. The SMILES string of the molecule is CCCCCC1C(=O)CCCC1=C(C)c1ccccc1. The molecule has 108 valence electrons. The number of ketones is 1. The van der Waals surface area contributed by atoms with Crippen LogP contribution in [0.15, 0.2) is 35.9 Å². The zero-order valence-corrected chi connectivity index (χ0v) is 12.8. The predicted molar refractivity (Wildman–Crippen MR) is 85.5 cm³/mol. The van der Waals surface area contributed by atoms with Crippen molar-refractivity contribution in [3.63, 3.8) is 0 Å². The lowest BCUT2D eigenvalue weighted by Crippen LogP contribution is -2.22. The van der Waals surface area contributed by atoms with Crippen molar-refractivity contribution in [3.05, 3.63) is 41.5 Å². The number of allylic oxidation sites excluding steroid dienone is 2. The third-order valence-electron chi connectivity index (χ3n) is 4.46. The second-order valence-electron chi connectivity index (χ2n) is 5.88. The lowest BCUT2D eigenvalue weighted by atomic mass is 9.77. The summed E-state index contributed by atoms with van der Waals surface area (Å²) in [6, 6.07) is 10.5. The zero-order valence-electron chi connectivity index (χ0n) is 12.8. The molecule has 20 heavy (non-hydrogen) atoms. The summed E-state index contributed by atoms with van der Waals surface area (Å²) in [5, 5.41) is 0. The predicted octanol–water partition coefficient (Wildman–Crippen LogP) is 5.41. The minimum Gasteiger partial charge on any atom is -0.299 e. The third-order valence-corrected chi connectivity index (χ3v) is 4.46. The van der Waals surface area contributed by atoms with Crippen LogP contribution in [0, 0.1) is 5.92 Å². The third kappa shape index (κ3) is 3.59. The summed E-state index contributed by atoms with van der Waals surface area (Å²) in [6.45, 7) is 4.41. The topological polar surface area (TPSA) is 17.1 Å². The highest BCUT2D eigenvalue weighted by atomic mass is 16.1. The molecule has 0 bridgehead atoms. The molecule has 0 saturated heterocycles. The fraction of sp³-hybridized carbons (Fsp3) is 0.526. The number of carbonyl (C=O) groups excluding carboxylic acids is 1. The largest absolute Gasteiger partial charge is 0.299 e. The van der Waals surface area contributed by atoms with Gasteiger partial charge in [0.2, 0.25) is 0 Å². The summed E-state index contributed by atoms with van der Waals surface area (Å²) in [5.74, 6) is 0.660. The molecule has 0 N–H and O–H groups in total. The molecule has 1 heteroatoms. The van der Waals surface area contributed by atoms with E-state index in [2.05, 4.69) is 38.1 Å². The summed E-state index contributed by atoms with van der Waals surface area (Å²) < 4.78 is 0. The van der Waals surface area contributed by atoms with Crippen LogP contribution in [0.2, 0.25) is 0 Å². The van der Waals surface area contributed by atoms with Gasteiger partial charge in [0.1, 0.15) is 5.78 Å². The summed E-state index contributed by atoms with van der Waals surface area (Å²) >= 11 is 0. The van der Waals surface area contributed by atoms with Gasteiger partial charge in [0.05, 0.1) is 0 Å². The van der Waals surface area contributed by atoms with E-state index in [1.807, 2.05) is 6.07 Å². The van der Waals surface area contributed by atoms with Crippen LogP contribution in [-0.4, -0.2) is 5.78 Å². The molecule has 0 amide bonds. The van der Waals surface area contributed by atoms with Gasteiger partial charge in [-0.05, 0) is 37.3 Å². The molecule has 0 radical (unpaired) electrons. The second-order valence-corrected chi connectivity index (χ2v) is 5.88. The van der Waals surface area contributed by atoms with Crippen molar-refractivity contribution < 1.29 is 4.79 Å². The average Bonchev–Trinajstić information content (AvgIpc) is 2.49. The van der Waals surface area contributed by atoms with Gasteiger partial charge in [-0.25, -0.2) is 0 Å². The van der Waals surface area contributed by atoms with Crippen molar-refractivity contribution >= 4 is 11.4 Å². The van der Waals surface area contributed by atoms with Crippen LogP contribution in [0.1, 0.15) is 64.4 Å². The van der Waals surface area contributed by atoms with Gasteiger partial charge in [0.15, 0.2) is 0 Å². The Bertz CT molecular complexity index is 470. The Kier molecular flexibility index (Phi) is 5.58. The number of carbonyl (C=O) groups is 1. The van der Waals surface area contributed by atoms with Crippen molar-refractivity contribution in [2.24, 2.45) is 5.92 Å². The Morgan fingerprint density at radius 3 is 2.60 bits per heavy atom. The fourth-order valence-electron chi connectivity index (χ4n) is 3.25. The van der Waals surface area contributed by atoms with Crippen LogP contribution in [0.4, 0.5) is 0 Å². The van der Waals surface area contributed by atoms with Crippen LogP contribution >= 0.6 is 0 Å². The molecule has 1 aromatic rings. The van der Waals surface area contributed by atoms with Crippen LogP contribution in [-0.2, 0) is 4.79 Å². The molecule has 1 aromatic carbocycles. The minimum absolute atomic E-state index is 0.190. The molecule has 1 aliphatic carbocycles. The quantitative estimate of drug-likeness (QED) is 0.654. The Hall–Kier alpha value is -1.37. The standard InChI is InChI=1S/C19H26O/c1-3-4-6-12-18-17(13-9-14-19(18)20)15(2)16-10-7-5-8-11-16/h5,7-8,10-11,18H,3-4,6,9,12-14H2,1-2H3. The first-order valence-electron chi connectivity index (χ1n) is 8.01. The highest BCUT2D eigenvalue weighted by molar-refractivity contribution is 5.87. The maximum absolute atomic E-state index is 12.3. The van der Waals surface area contributed by atoms with Gasteiger partial charge in [-0.1, -0.05) is 62.1 Å². The van der Waals surface area contributed by atoms with E-state index in [0.29, 0.717) is 5.78 Å². The maximum Gasteiger partial charge on any atom is 0.140 e. The molecule has 0 aromatic heterocycles. The Labute approximate surface area is 123 Å². The molecule has 1 atom stereocenters. The first-order valence-corrected chi connectivity index (χ1v) is 8.01. The van der Waals surface area contributed by atoms with Crippen molar-refractivity contribution in [2.45, 2.75) is 58.8 Å². The number of hydrogen-bond donors (Lipinski definition) is 0. The summed E-state index contributed by atoms with van der Waals surface area (Å²) in [5.41, 5.74) is 4.02. The number of Topliss-reactive ketones (excluding diaryl/α,β-unsaturated/α-hetero) is 1. The molecule has 0 aliphatic heterocycles. The highest BCUT2D eigenvalue weighted by Gasteiger charge is 2.27. The van der Waals surface area contributed by atoms with Gasteiger partial charge < -0.3 is 0 Å². The molecule has 2 rings (SSSR count). The number of unbranched alkanes of at least 4 members (excludes halogenated alkanes) is 2. The molecule has 0 spiro atoms. The summed E-state index contributed by atoms with van der Waals surface area (Å²) in [4.78, 5) is 12.3. The van der Waals surface area contributed by atoms with E-state index in [9.17, 15) is 4.79 Å². The van der Waals surface area contributed by atoms with Crippen LogP contribution in [0.25, 0.3) is 5.57 Å². The molecule has 1 fully saturated rings. The van der Waals surface area contributed by atoms with E-state index in [1.165, 1.54) is 36.0 Å².